The summed E-state index contributed by atoms with van der Waals surface area (Å²) >= 11 is 0. The number of hydrogen-bond donors (Lipinski definition) is 0. The summed E-state index contributed by atoms with van der Waals surface area (Å²) in [6.07, 6.45) is -0.398. The minimum Gasteiger partial charge on any atom is -0.346 e. The maximum absolute atomic E-state index is 12.8. The van der Waals surface area contributed by atoms with Crippen molar-refractivity contribution >= 4 is 10.9 Å². The van der Waals surface area contributed by atoms with Gasteiger partial charge in [-0.05, 0) is 30.4 Å². The molecule has 0 bridgehead atoms. The van der Waals surface area contributed by atoms with Gasteiger partial charge in [-0.25, -0.2) is 4.98 Å². The second kappa shape index (κ2) is 4.79. The summed E-state index contributed by atoms with van der Waals surface area (Å²) in [6.45, 7) is 8.92. The number of rotatable bonds is 2. The van der Waals surface area contributed by atoms with Crippen molar-refractivity contribution < 1.29 is 13.2 Å². The molecule has 110 valence electrons. The summed E-state index contributed by atoms with van der Waals surface area (Å²) in [4.78, 5) is 3.55. The zero-order valence-corrected chi connectivity index (χ0v) is 12.2. The zero-order valence-electron chi connectivity index (χ0n) is 12.2. The van der Waals surface area contributed by atoms with E-state index in [1.807, 2.05) is 17.7 Å². The van der Waals surface area contributed by atoms with E-state index >= 15 is 0 Å². The maximum atomic E-state index is 12.8. The Hall–Kier alpha value is -1.52. The minimum atomic E-state index is -4.40. The summed E-state index contributed by atoms with van der Waals surface area (Å²) in [6, 6.07) is 1.17. The van der Waals surface area contributed by atoms with Crippen LogP contribution in [0.2, 0.25) is 0 Å². The Kier molecular flexibility index (Phi) is 3.56. The van der Waals surface area contributed by atoms with Gasteiger partial charge >= 0.3 is 6.18 Å². The Morgan fingerprint density at radius 1 is 1.20 bits per heavy atom. The molecule has 0 aliphatic rings. The molecule has 0 atom stereocenters. The van der Waals surface area contributed by atoms with Gasteiger partial charge in [0, 0.05) is 18.1 Å². The molecule has 0 fully saturated rings. The van der Waals surface area contributed by atoms with Crippen LogP contribution in [0.1, 0.15) is 39.0 Å². The molecular formula is C15H19F3N2. The van der Waals surface area contributed by atoms with E-state index in [4.69, 9.17) is 0 Å². The van der Waals surface area contributed by atoms with Crippen LogP contribution in [-0.2, 0) is 19.1 Å². The van der Waals surface area contributed by atoms with Crippen LogP contribution in [0.3, 0.4) is 0 Å². The first-order valence-corrected chi connectivity index (χ1v) is 6.67. The van der Waals surface area contributed by atoms with Gasteiger partial charge in [0.05, 0.1) is 11.7 Å². The smallest absolute Gasteiger partial charge is 0.346 e. The van der Waals surface area contributed by atoms with Crippen molar-refractivity contribution in [1.29, 1.82) is 0 Å². The van der Waals surface area contributed by atoms with Gasteiger partial charge in [-0.1, -0.05) is 20.8 Å². The zero-order chi connectivity index (χ0) is 15.1. The molecule has 0 aliphatic carbocycles. The van der Waals surface area contributed by atoms with Crippen LogP contribution in [0.4, 0.5) is 13.2 Å². The molecule has 0 aliphatic heterocycles. The molecule has 0 unspecified atom stereocenters. The van der Waals surface area contributed by atoms with Crippen molar-refractivity contribution in [1.82, 2.24) is 9.55 Å². The lowest BCUT2D eigenvalue weighted by Gasteiger charge is -2.17. The van der Waals surface area contributed by atoms with Gasteiger partial charge in [-0.2, -0.15) is 13.2 Å². The van der Waals surface area contributed by atoms with E-state index in [2.05, 4.69) is 25.8 Å². The largest absolute Gasteiger partial charge is 0.433 e. The molecule has 20 heavy (non-hydrogen) atoms. The predicted molar refractivity (Wildman–Crippen MR) is 73.6 cm³/mol. The van der Waals surface area contributed by atoms with Crippen LogP contribution in [0, 0.1) is 5.41 Å². The molecule has 0 radical (unpaired) electrons. The number of alkyl halides is 3. The summed E-state index contributed by atoms with van der Waals surface area (Å²) < 4.78 is 40.4. The van der Waals surface area contributed by atoms with Gasteiger partial charge in [0.25, 0.3) is 0 Å². The normalized spacial score (nSPS) is 13.2. The van der Waals surface area contributed by atoms with Gasteiger partial charge < -0.3 is 4.57 Å². The third kappa shape index (κ3) is 2.97. The predicted octanol–water partition coefficient (Wildman–Crippen LogP) is 4.66. The molecule has 2 aromatic rings. The van der Waals surface area contributed by atoms with Gasteiger partial charge in [-0.3, -0.25) is 0 Å². The van der Waals surface area contributed by atoms with Crippen molar-refractivity contribution in [3.05, 3.63) is 29.7 Å². The van der Waals surface area contributed by atoms with E-state index in [1.165, 1.54) is 12.3 Å². The monoisotopic (exact) mass is 284 g/mol. The average molecular weight is 284 g/mol. The third-order valence-electron chi connectivity index (χ3n) is 3.20. The molecule has 0 N–H and O–H groups in total. The lowest BCUT2D eigenvalue weighted by Crippen LogP contribution is -2.09. The second-order valence-corrected chi connectivity index (χ2v) is 6.26. The van der Waals surface area contributed by atoms with Crippen molar-refractivity contribution in [2.24, 2.45) is 5.41 Å². The molecule has 2 rings (SSSR count). The van der Waals surface area contributed by atoms with Gasteiger partial charge in [0.1, 0.15) is 5.69 Å². The highest BCUT2D eigenvalue weighted by Crippen LogP contribution is 2.33. The standard InChI is InChI=1S/C15H19F3N2/c1-5-20-9-10(7-14(2,3)4)11-6-13(15(16,17)18)19-8-12(11)20/h6,8-9H,5,7H2,1-4H3. The number of aryl methyl sites for hydroxylation is 1. The minimum absolute atomic E-state index is 0.0223. The fraction of sp³-hybridized carbons (Fsp3) is 0.533. The molecule has 5 heteroatoms. The molecule has 2 nitrogen and oxygen atoms in total. The van der Waals surface area contributed by atoms with Gasteiger partial charge in [0.2, 0.25) is 0 Å². The molecular weight excluding hydrogens is 265 g/mol. The Morgan fingerprint density at radius 3 is 2.35 bits per heavy atom. The van der Waals surface area contributed by atoms with Crippen molar-refractivity contribution in [2.45, 2.75) is 46.8 Å². The Labute approximate surface area is 116 Å². The number of fused-ring (bicyclic) bond motifs is 1. The van der Waals surface area contributed by atoms with E-state index in [9.17, 15) is 13.2 Å². The van der Waals surface area contributed by atoms with E-state index in [0.717, 1.165) is 17.5 Å². The fourth-order valence-corrected chi connectivity index (χ4v) is 2.39. The van der Waals surface area contributed by atoms with Crippen LogP contribution in [0.5, 0.6) is 0 Å². The Bertz CT molecular complexity index is 618. The Morgan fingerprint density at radius 2 is 1.85 bits per heavy atom. The molecule has 0 saturated carbocycles. The van der Waals surface area contributed by atoms with Crippen molar-refractivity contribution in [2.75, 3.05) is 0 Å². The molecule has 0 saturated heterocycles. The van der Waals surface area contributed by atoms with Crippen molar-refractivity contribution in [3.63, 3.8) is 0 Å². The molecule has 2 heterocycles. The van der Waals surface area contributed by atoms with E-state index in [0.29, 0.717) is 11.9 Å². The quantitative estimate of drug-likeness (QED) is 0.784. The molecule has 0 aromatic carbocycles. The van der Waals surface area contributed by atoms with Crippen LogP contribution in [0.25, 0.3) is 10.9 Å². The lowest BCUT2D eigenvalue weighted by molar-refractivity contribution is -0.141. The van der Waals surface area contributed by atoms with E-state index in [-0.39, 0.29) is 5.41 Å². The topological polar surface area (TPSA) is 17.8 Å². The number of nitrogens with zero attached hydrogens (tertiary/aromatic N) is 2. The van der Waals surface area contributed by atoms with Crippen LogP contribution in [-0.4, -0.2) is 9.55 Å². The summed E-state index contributed by atoms with van der Waals surface area (Å²) in [7, 11) is 0. The van der Waals surface area contributed by atoms with Crippen LogP contribution in [0.15, 0.2) is 18.5 Å². The summed E-state index contributed by atoms with van der Waals surface area (Å²) in [5, 5.41) is 0.657. The second-order valence-electron chi connectivity index (χ2n) is 6.26. The van der Waals surface area contributed by atoms with E-state index < -0.39 is 11.9 Å². The van der Waals surface area contributed by atoms with Gasteiger partial charge in [-0.15, -0.1) is 0 Å². The highest BCUT2D eigenvalue weighted by Gasteiger charge is 2.33. The maximum Gasteiger partial charge on any atom is 0.433 e. The molecule has 2 aromatic heterocycles. The lowest BCUT2D eigenvalue weighted by atomic mass is 9.88. The van der Waals surface area contributed by atoms with Crippen LogP contribution >= 0.6 is 0 Å². The number of aromatic nitrogens is 2. The number of pyridine rings is 1. The first-order valence-electron chi connectivity index (χ1n) is 6.67. The van der Waals surface area contributed by atoms with E-state index in [1.54, 1.807) is 0 Å². The number of hydrogen-bond acceptors (Lipinski definition) is 1. The highest BCUT2D eigenvalue weighted by atomic mass is 19.4. The Balaban J connectivity index is 2.62. The van der Waals surface area contributed by atoms with Crippen LogP contribution < -0.4 is 0 Å². The molecule has 0 spiro atoms. The van der Waals surface area contributed by atoms with Crippen molar-refractivity contribution in [3.8, 4) is 0 Å². The third-order valence-corrected chi connectivity index (χ3v) is 3.20. The molecule has 0 amide bonds. The first-order chi connectivity index (χ1) is 9.12. The highest BCUT2D eigenvalue weighted by molar-refractivity contribution is 5.83. The summed E-state index contributed by atoms with van der Waals surface area (Å²) in [5.41, 5.74) is 0.908. The number of halogens is 3. The fourth-order valence-electron chi connectivity index (χ4n) is 2.39. The van der Waals surface area contributed by atoms with Gasteiger partial charge in [0.15, 0.2) is 0 Å². The SMILES string of the molecule is CCn1cc(CC(C)(C)C)c2cc(C(F)(F)F)ncc21. The first kappa shape index (κ1) is 14.9. The average Bonchev–Trinajstić information content (AvgIpc) is 2.63. The summed E-state index contributed by atoms with van der Waals surface area (Å²) in [5.74, 6) is 0.